The van der Waals surface area contributed by atoms with Gasteiger partial charge < -0.3 is 15.3 Å². The minimum absolute atomic E-state index is 0.0330. The lowest BCUT2D eigenvalue weighted by Gasteiger charge is -2.52. The van der Waals surface area contributed by atoms with Crippen LogP contribution < -0.4 is 0 Å². The largest absolute Gasteiger partial charge is 0.394 e. The fourth-order valence-corrected chi connectivity index (χ4v) is 6.45. The minimum atomic E-state index is -0.125. The zero-order valence-electron chi connectivity index (χ0n) is 13.9. The van der Waals surface area contributed by atoms with Gasteiger partial charge in [0.05, 0.1) is 19.3 Å². The molecule has 4 aliphatic rings. The summed E-state index contributed by atoms with van der Waals surface area (Å²) in [6, 6.07) is 0. The van der Waals surface area contributed by atoms with Gasteiger partial charge >= 0.3 is 0 Å². The van der Waals surface area contributed by atoms with Gasteiger partial charge in [-0.1, -0.05) is 12.8 Å². The molecule has 0 aromatic heterocycles. The van der Waals surface area contributed by atoms with Gasteiger partial charge in [0.2, 0.25) is 0 Å². The first-order chi connectivity index (χ1) is 10.7. The molecule has 4 rings (SSSR count). The van der Waals surface area contributed by atoms with E-state index >= 15 is 0 Å². The molecule has 0 spiro atoms. The third-order valence-corrected chi connectivity index (χ3v) is 7.22. The van der Waals surface area contributed by atoms with Crippen LogP contribution in [0.1, 0.15) is 64.2 Å². The van der Waals surface area contributed by atoms with E-state index in [1.54, 1.807) is 12.8 Å². The van der Waals surface area contributed by atoms with Gasteiger partial charge in [-0.15, -0.1) is 0 Å². The number of rotatable bonds is 1. The lowest BCUT2D eigenvalue weighted by atomic mass is 9.53. The van der Waals surface area contributed by atoms with E-state index in [0.717, 1.165) is 48.3 Å². The molecule has 0 radical (unpaired) electrons. The standard InChI is InChI=1S/C17H28O.C2H6O2/c18-13-6-9-15-12(10-13)5-8-16-14-3-1-2-11(14)4-7-17(15)16;3-1-2-4/h11-18H,1-10H2;3-4H,1-2H2. The van der Waals surface area contributed by atoms with Crippen molar-refractivity contribution in [2.45, 2.75) is 70.3 Å². The van der Waals surface area contributed by atoms with Gasteiger partial charge in [-0.2, -0.15) is 0 Å². The molecule has 0 saturated heterocycles. The van der Waals surface area contributed by atoms with E-state index in [-0.39, 0.29) is 19.3 Å². The SMILES string of the molecule is OC1CCC2C(CCC3C4CCCC4CCC23)C1.OCCO. The van der Waals surface area contributed by atoms with Crippen LogP contribution in [0, 0.1) is 35.5 Å². The molecule has 4 saturated carbocycles. The molecule has 3 nitrogen and oxygen atoms in total. The van der Waals surface area contributed by atoms with Crippen LogP contribution in [0.4, 0.5) is 0 Å². The van der Waals surface area contributed by atoms with Crippen molar-refractivity contribution in [2.75, 3.05) is 13.2 Å². The average molecular weight is 310 g/mol. The first-order valence-electron chi connectivity index (χ1n) is 9.64. The zero-order valence-corrected chi connectivity index (χ0v) is 13.9. The summed E-state index contributed by atoms with van der Waals surface area (Å²) in [5, 5.41) is 25.1. The van der Waals surface area contributed by atoms with Gasteiger partial charge in [0, 0.05) is 0 Å². The Morgan fingerprint density at radius 1 is 0.591 bits per heavy atom. The fourth-order valence-electron chi connectivity index (χ4n) is 6.45. The van der Waals surface area contributed by atoms with Gasteiger partial charge in [-0.05, 0) is 86.9 Å². The molecule has 3 N–H and O–H groups in total. The first-order valence-corrected chi connectivity index (χ1v) is 9.64. The zero-order chi connectivity index (χ0) is 15.5. The van der Waals surface area contributed by atoms with Gasteiger partial charge in [0.25, 0.3) is 0 Å². The summed E-state index contributed by atoms with van der Waals surface area (Å²) in [6.07, 6.45) is 14.2. The topological polar surface area (TPSA) is 60.7 Å². The van der Waals surface area contributed by atoms with Crippen molar-refractivity contribution in [3.05, 3.63) is 0 Å². The number of aliphatic hydroxyl groups is 3. The van der Waals surface area contributed by atoms with E-state index in [4.69, 9.17) is 10.2 Å². The molecular formula is C19H34O3. The molecule has 22 heavy (non-hydrogen) atoms. The predicted molar refractivity (Wildman–Crippen MR) is 87.3 cm³/mol. The van der Waals surface area contributed by atoms with Gasteiger partial charge in [-0.3, -0.25) is 0 Å². The lowest BCUT2D eigenvalue weighted by molar-refractivity contribution is -0.0457. The summed E-state index contributed by atoms with van der Waals surface area (Å²) < 4.78 is 0. The molecule has 128 valence electrons. The Bertz CT molecular complexity index is 344. The number of aliphatic hydroxyl groups excluding tert-OH is 3. The Morgan fingerprint density at radius 3 is 1.86 bits per heavy atom. The molecule has 4 aliphatic carbocycles. The third-order valence-electron chi connectivity index (χ3n) is 7.22. The monoisotopic (exact) mass is 310 g/mol. The van der Waals surface area contributed by atoms with Crippen LogP contribution in [0.3, 0.4) is 0 Å². The Labute approximate surface area is 135 Å². The van der Waals surface area contributed by atoms with Crippen molar-refractivity contribution in [3.63, 3.8) is 0 Å². The maximum absolute atomic E-state index is 9.89. The summed E-state index contributed by atoms with van der Waals surface area (Å²) in [7, 11) is 0. The van der Waals surface area contributed by atoms with Gasteiger partial charge in [-0.25, -0.2) is 0 Å². The van der Waals surface area contributed by atoms with E-state index in [9.17, 15) is 5.11 Å². The molecule has 0 heterocycles. The van der Waals surface area contributed by atoms with Gasteiger partial charge in [0.15, 0.2) is 0 Å². The van der Waals surface area contributed by atoms with Crippen molar-refractivity contribution < 1.29 is 15.3 Å². The maximum Gasteiger partial charge on any atom is 0.0662 e. The molecule has 0 aromatic rings. The second-order valence-corrected chi connectivity index (χ2v) is 8.18. The van der Waals surface area contributed by atoms with Crippen LogP contribution in [0.25, 0.3) is 0 Å². The summed E-state index contributed by atoms with van der Waals surface area (Å²) in [5.74, 6) is 6.23. The second kappa shape index (κ2) is 7.63. The summed E-state index contributed by atoms with van der Waals surface area (Å²) >= 11 is 0. The highest BCUT2D eigenvalue weighted by Crippen LogP contribution is 2.57. The van der Waals surface area contributed by atoms with Crippen molar-refractivity contribution in [1.29, 1.82) is 0 Å². The maximum atomic E-state index is 9.89. The normalized spacial score (nSPS) is 46.8. The van der Waals surface area contributed by atoms with E-state index in [1.807, 2.05) is 0 Å². The molecule has 4 fully saturated rings. The lowest BCUT2D eigenvalue weighted by Crippen LogP contribution is -2.45. The number of hydrogen-bond acceptors (Lipinski definition) is 3. The van der Waals surface area contributed by atoms with Crippen molar-refractivity contribution in [1.82, 2.24) is 0 Å². The highest BCUT2D eigenvalue weighted by Gasteiger charge is 2.49. The molecular weight excluding hydrogens is 276 g/mol. The first kappa shape index (κ1) is 16.7. The van der Waals surface area contributed by atoms with Crippen LogP contribution in [-0.4, -0.2) is 34.6 Å². The molecule has 3 heteroatoms. The average Bonchev–Trinajstić information content (AvgIpc) is 3.03. The fraction of sp³-hybridized carbons (Fsp3) is 1.00. The van der Waals surface area contributed by atoms with Gasteiger partial charge in [0.1, 0.15) is 0 Å². The molecule has 7 atom stereocenters. The predicted octanol–water partition coefficient (Wildman–Crippen LogP) is 2.97. The Kier molecular flexibility index (Phi) is 5.80. The highest BCUT2D eigenvalue weighted by molar-refractivity contribution is 4.99. The quantitative estimate of drug-likeness (QED) is 0.698. The molecule has 7 unspecified atom stereocenters. The Morgan fingerprint density at radius 2 is 1.18 bits per heavy atom. The van der Waals surface area contributed by atoms with Crippen molar-refractivity contribution in [2.24, 2.45) is 35.5 Å². The van der Waals surface area contributed by atoms with Crippen LogP contribution >= 0.6 is 0 Å². The molecule has 0 bridgehead atoms. The highest BCUT2D eigenvalue weighted by atomic mass is 16.3. The Balaban J connectivity index is 0.000000325. The van der Waals surface area contributed by atoms with Crippen molar-refractivity contribution >= 4 is 0 Å². The van der Waals surface area contributed by atoms with E-state index in [0.29, 0.717) is 0 Å². The van der Waals surface area contributed by atoms with Crippen LogP contribution in [-0.2, 0) is 0 Å². The van der Waals surface area contributed by atoms with E-state index < -0.39 is 0 Å². The van der Waals surface area contributed by atoms with E-state index in [1.165, 1.54) is 38.5 Å². The number of hydrogen-bond donors (Lipinski definition) is 3. The van der Waals surface area contributed by atoms with Crippen LogP contribution in [0.2, 0.25) is 0 Å². The van der Waals surface area contributed by atoms with Crippen molar-refractivity contribution in [3.8, 4) is 0 Å². The smallest absolute Gasteiger partial charge is 0.0662 e. The molecule has 0 aromatic carbocycles. The number of fused-ring (bicyclic) bond motifs is 5. The van der Waals surface area contributed by atoms with Crippen LogP contribution in [0.5, 0.6) is 0 Å². The summed E-state index contributed by atoms with van der Waals surface area (Å²) in [4.78, 5) is 0. The minimum Gasteiger partial charge on any atom is -0.394 e. The van der Waals surface area contributed by atoms with E-state index in [2.05, 4.69) is 0 Å². The Hall–Kier alpha value is -0.120. The summed E-state index contributed by atoms with van der Waals surface area (Å²) in [6.45, 7) is -0.250. The molecule has 0 aliphatic heterocycles. The summed E-state index contributed by atoms with van der Waals surface area (Å²) in [5.41, 5.74) is 0. The second-order valence-electron chi connectivity index (χ2n) is 8.18. The molecule has 0 amide bonds. The van der Waals surface area contributed by atoms with Crippen LogP contribution in [0.15, 0.2) is 0 Å². The third kappa shape index (κ3) is 3.37.